The summed E-state index contributed by atoms with van der Waals surface area (Å²) < 4.78 is 11.4. The molecule has 0 aliphatic heterocycles. The molecule has 1 aromatic heterocycles. The minimum atomic E-state index is -0.545. The standard InChI is InChI=1S/C22H24N2O4/c1-13(25)23-21(14-7-3-4-8-14)22(26)24-17-12-19-16(11-20(17)27-2)15-9-5-6-10-18(15)28-19/h5-6,9-12,14,21H,3-4,7-8H2,1-2H3,(H,23,25)(H,24,26). The smallest absolute Gasteiger partial charge is 0.247 e. The number of rotatable bonds is 5. The Kier molecular flexibility index (Phi) is 4.94. The Hall–Kier alpha value is -3.02. The van der Waals surface area contributed by atoms with Crippen LogP contribution in [0.5, 0.6) is 5.75 Å². The van der Waals surface area contributed by atoms with Crippen LogP contribution in [-0.4, -0.2) is 25.0 Å². The van der Waals surface area contributed by atoms with Gasteiger partial charge in [-0.15, -0.1) is 0 Å². The lowest BCUT2D eigenvalue weighted by Gasteiger charge is -2.23. The van der Waals surface area contributed by atoms with Crippen LogP contribution in [0.25, 0.3) is 21.9 Å². The Morgan fingerprint density at radius 3 is 2.57 bits per heavy atom. The number of furan rings is 1. The molecule has 1 saturated carbocycles. The number of methoxy groups -OCH3 is 1. The summed E-state index contributed by atoms with van der Waals surface area (Å²) in [4.78, 5) is 24.6. The first-order chi connectivity index (χ1) is 13.6. The second kappa shape index (κ2) is 7.54. The molecule has 0 spiro atoms. The largest absolute Gasteiger partial charge is 0.495 e. The average molecular weight is 380 g/mol. The molecule has 2 N–H and O–H groups in total. The third-order valence-electron chi connectivity index (χ3n) is 5.47. The van der Waals surface area contributed by atoms with Gasteiger partial charge in [0.1, 0.15) is 23.0 Å². The molecule has 1 aliphatic carbocycles. The fraction of sp³-hybridized carbons (Fsp3) is 0.364. The van der Waals surface area contributed by atoms with Crippen LogP contribution in [0.1, 0.15) is 32.6 Å². The Morgan fingerprint density at radius 2 is 1.86 bits per heavy atom. The average Bonchev–Trinajstić information content (AvgIpc) is 3.32. The van der Waals surface area contributed by atoms with Crippen LogP contribution in [0.15, 0.2) is 40.8 Å². The number of nitrogens with one attached hydrogen (secondary N) is 2. The van der Waals surface area contributed by atoms with Crippen molar-refractivity contribution in [3.63, 3.8) is 0 Å². The molecule has 0 radical (unpaired) electrons. The fourth-order valence-corrected chi connectivity index (χ4v) is 4.14. The molecule has 6 nitrogen and oxygen atoms in total. The normalized spacial score (nSPS) is 15.6. The molecule has 1 fully saturated rings. The van der Waals surface area contributed by atoms with Gasteiger partial charge in [-0.05, 0) is 30.9 Å². The van der Waals surface area contributed by atoms with Crippen molar-refractivity contribution in [2.45, 2.75) is 38.6 Å². The number of carbonyl (C=O) groups is 2. The van der Waals surface area contributed by atoms with Gasteiger partial charge in [0.25, 0.3) is 0 Å². The van der Waals surface area contributed by atoms with Crippen LogP contribution in [0.4, 0.5) is 5.69 Å². The summed E-state index contributed by atoms with van der Waals surface area (Å²) >= 11 is 0. The number of ether oxygens (including phenoxy) is 1. The summed E-state index contributed by atoms with van der Waals surface area (Å²) in [6, 6.07) is 10.9. The van der Waals surface area contributed by atoms with E-state index < -0.39 is 6.04 Å². The minimum absolute atomic E-state index is 0.157. The molecule has 3 aromatic rings. The van der Waals surface area contributed by atoms with Crippen LogP contribution in [0.2, 0.25) is 0 Å². The van der Waals surface area contributed by atoms with E-state index in [0.29, 0.717) is 17.0 Å². The topological polar surface area (TPSA) is 80.6 Å². The Morgan fingerprint density at radius 1 is 1.11 bits per heavy atom. The second-order valence-corrected chi connectivity index (χ2v) is 7.36. The van der Waals surface area contributed by atoms with Gasteiger partial charge < -0.3 is 19.8 Å². The van der Waals surface area contributed by atoms with E-state index in [4.69, 9.17) is 9.15 Å². The van der Waals surface area contributed by atoms with E-state index in [-0.39, 0.29) is 17.7 Å². The number of anilines is 1. The molecule has 1 aliphatic rings. The maximum atomic E-state index is 13.0. The predicted octanol–water partition coefficient (Wildman–Crippen LogP) is 4.23. The summed E-state index contributed by atoms with van der Waals surface area (Å²) in [5, 5.41) is 7.69. The van der Waals surface area contributed by atoms with Crippen molar-refractivity contribution >= 4 is 39.4 Å². The van der Waals surface area contributed by atoms with Gasteiger partial charge in [-0.3, -0.25) is 9.59 Å². The van der Waals surface area contributed by atoms with E-state index in [9.17, 15) is 9.59 Å². The van der Waals surface area contributed by atoms with E-state index >= 15 is 0 Å². The van der Waals surface area contributed by atoms with Crippen LogP contribution in [-0.2, 0) is 9.59 Å². The van der Waals surface area contributed by atoms with E-state index in [2.05, 4.69) is 10.6 Å². The molecule has 1 unspecified atom stereocenters. The molecule has 28 heavy (non-hydrogen) atoms. The number of benzene rings is 2. The summed E-state index contributed by atoms with van der Waals surface area (Å²) in [6.07, 6.45) is 4.06. The first-order valence-corrected chi connectivity index (χ1v) is 9.64. The Balaban J connectivity index is 1.68. The molecule has 146 valence electrons. The zero-order chi connectivity index (χ0) is 19.7. The highest BCUT2D eigenvalue weighted by molar-refractivity contribution is 6.08. The first-order valence-electron chi connectivity index (χ1n) is 9.64. The van der Waals surface area contributed by atoms with Gasteiger partial charge in [-0.25, -0.2) is 0 Å². The lowest BCUT2D eigenvalue weighted by Crippen LogP contribution is -2.47. The van der Waals surface area contributed by atoms with E-state index in [1.807, 2.05) is 30.3 Å². The van der Waals surface area contributed by atoms with Gasteiger partial charge in [0.15, 0.2) is 0 Å². The number of hydrogen-bond donors (Lipinski definition) is 2. The van der Waals surface area contributed by atoms with Gasteiger partial charge in [0, 0.05) is 23.8 Å². The van der Waals surface area contributed by atoms with Gasteiger partial charge >= 0.3 is 0 Å². The maximum absolute atomic E-state index is 13.0. The van der Waals surface area contributed by atoms with Gasteiger partial charge in [0.2, 0.25) is 11.8 Å². The Labute approximate surface area is 163 Å². The quantitative estimate of drug-likeness (QED) is 0.694. The second-order valence-electron chi connectivity index (χ2n) is 7.36. The highest BCUT2D eigenvalue weighted by atomic mass is 16.5. The molecular formula is C22H24N2O4. The van der Waals surface area contributed by atoms with Crippen molar-refractivity contribution in [1.29, 1.82) is 0 Å². The number of hydrogen-bond acceptors (Lipinski definition) is 4. The monoisotopic (exact) mass is 380 g/mol. The van der Waals surface area contributed by atoms with Crippen molar-refractivity contribution in [2.75, 3.05) is 12.4 Å². The van der Waals surface area contributed by atoms with E-state index in [1.54, 1.807) is 13.2 Å². The summed E-state index contributed by atoms with van der Waals surface area (Å²) in [5.41, 5.74) is 1.99. The van der Waals surface area contributed by atoms with Crippen molar-refractivity contribution in [2.24, 2.45) is 5.92 Å². The van der Waals surface area contributed by atoms with Gasteiger partial charge in [-0.1, -0.05) is 31.0 Å². The molecule has 2 aromatic carbocycles. The summed E-state index contributed by atoms with van der Waals surface area (Å²) in [7, 11) is 1.57. The van der Waals surface area contributed by atoms with Crippen LogP contribution in [0.3, 0.4) is 0 Å². The number of carbonyl (C=O) groups excluding carboxylic acids is 2. The molecule has 2 amide bonds. The zero-order valence-electron chi connectivity index (χ0n) is 16.1. The SMILES string of the molecule is COc1cc2c(cc1NC(=O)C(NC(C)=O)C1CCCC1)oc1ccccc12. The number of fused-ring (bicyclic) bond motifs is 3. The third kappa shape index (κ3) is 3.42. The number of amides is 2. The molecule has 1 heterocycles. The molecule has 0 saturated heterocycles. The lowest BCUT2D eigenvalue weighted by atomic mass is 9.97. The summed E-state index contributed by atoms with van der Waals surface area (Å²) in [6.45, 7) is 1.44. The van der Waals surface area contributed by atoms with Crippen molar-refractivity contribution in [3.8, 4) is 5.75 Å². The van der Waals surface area contributed by atoms with Crippen LogP contribution in [0, 0.1) is 5.92 Å². The van der Waals surface area contributed by atoms with Crippen molar-refractivity contribution in [3.05, 3.63) is 36.4 Å². The predicted molar refractivity (Wildman–Crippen MR) is 108 cm³/mol. The molecule has 0 bridgehead atoms. The Bertz CT molecular complexity index is 1030. The van der Waals surface area contributed by atoms with Gasteiger partial charge in [-0.2, -0.15) is 0 Å². The van der Waals surface area contributed by atoms with Crippen molar-refractivity contribution in [1.82, 2.24) is 5.32 Å². The first kappa shape index (κ1) is 18.3. The third-order valence-corrected chi connectivity index (χ3v) is 5.47. The zero-order valence-corrected chi connectivity index (χ0v) is 16.1. The lowest BCUT2D eigenvalue weighted by molar-refractivity contribution is -0.126. The van der Waals surface area contributed by atoms with Crippen molar-refractivity contribution < 1.29 is 18.7 Å². The number of para-hydroxylation sites is 1. The summed E-state index contributed by atoms with van der Waals surface area (Å²) in [5.74, 6) is 0.285. The highest BCUT2D eigenvalue weighted by Crippen LogP contribution is 2.37. The molecule has 6 heteroatoms. The van der Waals surface area contributed by atoms with Gasteiger partial charge in [0.05, 0.1) is 12.8 Å². The highest BCUT2D eigenvalue weighted by Gasteiger charge is 2.32. The van der Waals surface area contributed by atoms with E-state index in [1.165, 1.54) is 6.92 Å². The van der Waals surface area contributed by atoms with Crippen LogP contribution >= 0.6 is 0 Å². The van der Waals surface area contributed by atoms with E-state index in [0.717, 1.165) is 42.0 Å². The molecular weight excluding hydrogens is 356 g/mol. The maximum Gasteiger partial charge on any atom is 0.247 e. The minimum Gasteiger partial charge on any atom is -0.495 e. The molecule has 1 atom stereocenters. The van der Waals surface area contributed by atoms with Crippen LogP contribution < -0.4 is 15.4 Å². The fourth-order valence-electron chi connectivity index (χ4n) is 4.14. The molecule has 4 rings (SSSR count).